The van der Waals surface area contributed by atoms with E-state index in [9.17, 15) is 4.79 Å². The largest absolute Gasteiger partial charge is 0.360 e. The summed E-state index contributed by atoms with van der Waals surface area (Å²) in [5, 5.41) is 8.80. The predicted molar refractivity (Wildman–Crippen MR) is 65.3 cm³/mol. The van der Waals surface area contributed by atoms with Crippen molar-refractivity contribution in [2.24, 2.45) is 5.73 Å². The molecular weight excluding hydrogens is 230 g/mol. The van der Waals surface area contributed by atoms with Gasteiger partial charge < -0.3 is 15.4 Å². The van der Waals surface area contributed by atoms with E-state index in [1.54, 1.807) is 4.90 Å². The fraction of sp³-hybridized carbons (Fsp3) is 0.385. The van der Waals surface area contributed by atoms with Crippen LogP contribution in [0.2, 0.25) is 0 Å². The van der Waals surface area contributed by atoms with E-state index in [1.165, 1.54) is 0 Å². The SMILES string of the molecule is N#CC1CN(C(=O)C(N)c2ccccc2)CCO1. The molecule has 2 N–H and O–H groups in total. The van der Waals surface area contributed by atoms with Crippen molar-refractivity contribution >= 4 is 5.91 Å². The first-order chi connectivity index (χ1) is 8.72. The van der Waals surface area contributed by atoms with Crippen molar-refractivity contribution in [2.75, 3.05) is 19.7 Å². The van der Waals surface area contributed by atoms with E-state index in [0.717, 1.165) is 5.56 Å². The van der Waals surface area contributed by atoms with Crippen molar-refractivity contribution in [2.45, 2.75) is 12.1 Å². The molecule has 2 rings (SSSR count). The highest BCUT2D eigenvalue weighted by Crippen LogP contribution is 2.15. The van der Waals surface area contributed by atoms with Crippen molar-refractivity contribution in [3.63, 3.8) is 0 Å². The highest BCUT2D eigenvalue weighted by atomic mass is 16.5. The third-order valence-corrected chi connectivity index (χ3v) is 2.95. The molecule has 0 spiro atoms. The lowest BCUT2D eigenvalue weighted by atomic mass is 10.1. The second-order valence-corrected chi connectivity index (χ2v) is 4.16. The van der Waals surface area contributed by atoms with E-state index in [0.29, 0.717) is 13.2 Å². The number of ether oxygens (including phenoxy) is 1. The van der Waals surface area contributed by atoms with Crippen LogP contribution in [0.4, 0.5) is 0 Å². The number of amides is 1. The molecule has 1 aliphatic rings. The van der Waals surface area contributed by atoms with Gasteiger partial charge in [-0.1, -0.05) is 30.3 Å². The van der Waals surface area contributed by atoms with Crippen LogP contribution < -0.4 is 5.73 Å². The molecule has 0 aliphatic carbocycles. The molecule has 5 heteroatoms. The molecule has 0 bridgehead atoms. The maximum Gasteiger partial charge on any atom is 0.244 e. The Hall–Kier alpha value is -1.90. The summed E-state index contributed by atoms with van der Waals surface area (Å²) < 4.78 is 5.20. The molecule has 1 saturated heterocycles. The van der Waals surface area contributed by atoms with Gasteiger partial charge in [-0.25, -0.2) is 0 Å². The van der Waals surface area contributed by atoms with Gasteiger partial charge in [0.15, 0.2) is 6.10 Å². The number of hydrogen-bond donors (Lipinski definition) is 1. The lowest BCUT2D eigenvalue weighted by Gasteiger charge is -2.31. The van der Waals surface area contributed by atoms with Crippen molar-refractivity contribution in [1.29, 1.82) is 5.26 Å². The van der Waals surface area contributed by atoms with Gasteiger partial charge in [0.1, 0.15) is 6.04 Å². The smallest absolute Gasteiger partial charge is 0.244 e. The number of nitriles is 1. The van der Waals surface area contributed by atoms with Crippen LogP contribution in [0.15, 0.2) is 30.3 Å². The summed E-state index contributed by atoms with van der Waals surface area (Å²) >= 11 is 0. The molecule has 2 atom stereocenters. The van der Waals surface area contributed by atoms with E-state index in [-0.39, 0.29) is 12.5 Å². The second-order valence-electron chi connectivity index (χ2n) is 4.16. The molecule has 1 heterocycles. The maximum atomic E-state index is 12.2. The zero-order valence-electron chi connectivity index (χ0n) is 9.95. The zero-order chi connectivity index (χ0) is 13.0. The summed E-state index contributed by atoms with van der Waals surface area (Å²) in [7, 11) is 0. The Labute approximate surface area is 106 Å². The first-order valence-electron chi connectivity index (χ1n) is 5.83. The molecule has 94 valence electrons. The Balaban J connectivity index is 2.05. The van der Waals surface area contributed by atoms with Gasteiger partial charge in [-0.3, -0.25) is 4.79 Å². The molecule has 2 unspecified atom stereocenters. The Kier molecular flexibility index (Phi) is 3.92. The fourth-order valence-electron chi connectivity index (χ4n) is 1.93. The van der Waals surface area contributed by atoms with E-state index in [2.05, 4.69) is 0 Å². The van der Waals surface area contributed by atoms with E-state index < -0.39 is 12.1 Å². The zero-order valence-corrected chi connectivity index (χ0v) is 9.95. The number of rotatable bonds is 2. The number of nitrogens with zero attached hydrogens (tertiary/aromatic N) is 2. The molecule has 1 amide bonds. The van der Waals surface area contributed by atoms with Crippen molar-refractivity contribution in [1.82, 2.24) is 4.90 Å². The number of morpholine rings is 1. The summed E-state index contributed by atoms with van der Waals surface area (Å²) in [5.41, 5.74) is 6.72. The summed E-state index contributed by atoms with van der Waals surface area (Å²) in [5.74, 6) is -0.162. The topological polar surface area (TPSA) is 79.4 Å². The normalized spacial score (nSPS) is 21.1. The predicted octanol–water partition coefficient (Wildman–Crippen LogP) is 0.437. The summed E-state index contributed by atoms with van der Waals surface area (Å²) in [6.45, 7) is 1.15. The fourth-order valence-corrected chi connectivity index (χ4v) is 1.93. The van der Waals surface area contributed by atoms with E-state index in [1.807, 2.05) is 36.4 Å². The van der Waals surface area contributed by atoms with Crippen LogP contribution in [0.5, 0.6) is 0 Å². The molecule has 0 radical (unpaired) electrons. The Morgan fingerprint density at radius 2 is 2.22 bits per heavy atom. The Bertz CT molecular complexity index is 455. The lowest BCUT2D eigenvalue weighted by Crippen LogP contribution is -2.48. The van der Waals surface area contributed by atoms with Gasteiger partial charge in [-0.2, -0.15) is 5.26 Å². The number of hydrogen-bond acceptors (Lipinski definition) is 4. The van der Waals surface area contributed by atoms with Gasteiger partial charge >= 0.3 is 0 Å². The first kappa shape index (κ1) is 12.6. The van der Waals surface area contributed by atoms with Crippen LogP contribution in [-0.4, -0.2) is 36.6 Å². The maximum absolute atomic E-state index is 12.2. The Morgan fingerprint density at radius 3 is 2.89 bits per heavy atom. The molecule has 1 aromatic rings. The van der Waals surface area contributed by atoms with Gasteiger partial charge in [0.2, 0.25) is 5.91 Å². The monoisotopic (exact) mass is 245 g/mol. The molecule has 1 fully saturated rings. The third kappa shape index (κ3) is 2.67. The lowest BCUT2D eigenvalue weighted by molar-refractivity contribution is -0.138. The van der Waals surface area contributed by atoms with Crippen molar-refractivity contribution < 1.29 is 9.53 Å². The van der Waals surface area contributed by atoms with Crippen molar-refractivity contribution in [3.8, 4) is 6.07 Å². The minimum absolute atomic E-state index is 0.162. The standard InChI is InChI=1S/C13H15N3O2/c14-8-11-9-16(6-7-18-11)13(17)12(15)10-4-2-1-3-5-10/h1-5,11-12H,6-7,9,15H2. The molecular formula is C13H15N3O2. The van der Waals surface area contributed by atoms with Crippen LogP contribution >= 0.6 is 0 Å². The van der Waals surface area contributed by atoms with E-state index in [4.69, 9.17) is 15.7 Å². The van der Waals surface area contributed by atoms with Crippen LogP contribution in [0.1, 0.15) is 11.6 Å². The van der Waals surface area contributed by atoms with Crippen LogP contribution in [0.25, 0.3) is 0 Å². The van der Waals surface area contributed by atoms with E-state index >= 15 is 0 Å². The minimum Gasteiger partial charge on any atom is -0.360 e. The molecule has 0 saturated carbocycles. The van der Waals surface area contributed by atoms with Gasteiger partial charge in [0.05, 0.1) is 19.2 Å². The Morgan fingerprint density at radius 1 is 1.50 bits per heavy atom. The molecule has 0 aromatic heterocycles. The number of carbonyl (C=O) groups excluding carboxylic acids is 1. The first-order valence-corrected chi connectivity index (χ1v) is 5.83. The quantitative estimate of drug-likeness (QED) is 0.819. The highest BCUT2D eigenvalue weighted by molar-refractivity contribution is 5.83. The van der Waals surface area contributed by atoms with Crippen LogP contribution in [-0.2, 0) is 9.53 Å². The summed E-state index contributed by atoms with van der Waals surface area (Å²) in [4.78, 5) is 13.8. The highest BCUT2D eigenvalue weighted by Gasteiger charge is 2.28. The van der Waals surface area contributed by atoms with Crippen molar-refractivity contribution in [3.05, 3.63) is 35.9 Å². The molecule has 1 aromatic carbocycles. The van der Waals surface area contributed by atoms with Gasteiger partial charge in [-0.15, -0.1) is 0 Å². The van der Waals surface area contributed by atoms with Crippen LogP contribution in [0, 0.1) is 11.3 Å². The molecule has 1 aliphatic heterocycles. The number of nitrogens with two attached hydrogens (primary N) is 1. The number of carbonyl (C=O) groups is 1. The van der Waals surface area contributed by atoms with Gasteiger partial charge in [0, 0.05) is 6.54 Å². The summed E-state index contributed by atoms with van der Waals surface area (Å²) in [6.07, 6.45) is -0.550. The molecule has 18 heavy (non-hydrogen) atoms. The molecule has 5 nitrogen and oxygen atoms in total. The second kappa shape index (κ2) is 5.63. The third-order valence-electron chi connectivity index (χ3n) is 2.95. The minimum atomic E-state index is -0.677. The number of benzene rings is 1. The average Bonchev–Trinajstić information content (AvgIpc) is 2.46. The summed E-state index contributed by atoms with van der Waals surface area (Å²) in [6, 6.07) is 10.6. The van der Waals surface area contributed by atoms with Crippen LogP contribution in [0.3, 0.4) is 0 Å². The van der Waals surface area contributed by atoms with Gasteiger partial charge in [0.25, 0.3) is 0 Å². The van der Waals surface area contributed by atoms with Gasteiger partial charge in [-0.05, 0) is 5.56 Å². The average molecular weight is 245 g/mol.